The quantitative estimate of drug-likeness (QED) is 0.607. The van der Waals surface area contributed by atoms with Gasteiger partial charge in [-0.25, -0.2) is 4.99 Å². The molecule has 0 bridgehead atoms. The van der Waals surface area contributed by atoms with Gasteiger partial charge in [-0.3, -0.25) is 9.59 Å². The number of thioether (sulfide) groups is 1. The SMILES string of the molecule is Cc1ccc(N=C2NC(=O)[C@H](CC(=O)Nc3ccc(Cl)c(C(F)(F)F)c3)S2)cc1Cl. The summed E-state index contributed by atoms with van der Waals surface area (Å²) >= 11 is 12.7. The normalized spacial score (nSPS) is 17.9. The number of nitrogens with one attached hydrogen (secondary N) is 2. The van der Waals surface area contributed by atoms with Crippen LogP contribution in [0, 0.1) is 6.92 Å². The molecule has 5 nitrogen and oxygen atoms in total. The van der Waals surface area contributed by atoms with Gasteiger partial charge < -0.3 is 10.6 Å². The Morgan fingerprint density at radius 1 is 1.20 bits per heavy atom. The number of aliphatic imine (C=N–C) groups is 1. The molecule has 1 heterocycles. The van der Waals surface area contributed by atoms with Crippen LogP contribution in [0.2, 0.25) is 10.0 Å². The molecule has 0 unspecified atom stereocenters. The number of carbonyl (C=O) groups is 2. The van der Waals surface area contributed by atoms with Crippen LogP contribution in [0.5, 0.6) is 0 Å². The van der Waals surface area contributed by atoms with Gasteiger partial charge in [0.25, 0.3) is 0 Å². The molecule has 0 aromatic heterocycles. The van der Waals surface area contributed by atoms with Gasteiger partial charge in [0.1, 0.15) is 5.25 Å². The maximum absolute atomic E-state index is 12.9. The highest BCUT2D eigenvalue weighted by Gasteiger charge is 2.34. The molecule has 30 heavy (non-hydrogen) atoms. The first-order chi connectivity index (χ1) is 14.0. The van der Waals surface area contributed by atoms with E-state index in [1.165, 1.54) is 6.07 Å². The first kappa shape index (κ1) is 22.5. The van der Waals surface area contributed by atoms with Gasteiger partial charge in [-0.15, -0.1) is 0 Å². The lowest BCUT2D eigenvalue weighted by molar-refractivity contribution is -0.137. The minimum absolute atomic E-state index is 0.0664. The summed E-state index contributed by atoms with van der Waals surface area (Å²) < 4.78 is 38.8. The molecule has 11 heteroatoms. The largest absolute Gasteiger partial charge is 0.417 e. The monoisotopic (exact) mass is 475 g/mol. The van der Waals surface area contributed by atoms with Crippen molar-refractivity contribution in [3.63, 3.8) is 0 Å². The molecular weight excluding hydrogens is 462 g/mol. The van der Waals surface area contributed by atoms with Gasteiger partial charge in [-0.2, -0.15) is 13.2 Å². The average molecular weight is 476 g/mol. The highest BCUT2D eigenvalue weighted by atomic mass is 35.5. The fraction of sp³-hybridized carbons (Fsp3) is 0.211. The van der Waals surface area contributed by atoms with Crippen molar-refractivity contribution in [3.05, 3.63) is 57.6 Å². The predicted octanol–water partition coefficient (Wildman–Crippen LogP) is 5.57. The molecule has 2 aromatic carbocycles. The van der Waals surface area contributed by atoms with Gasteiger partial charge in [0, 0.05) is 17.1 Å². The molecule has 3 rings (SSSR count). The molecule has 0 spiro atoms. The molecule has 158 valence electrons. The van der Waals surface area contributed by atoms with Crippen molar-refractivity contribution in [2.45, 2.75) is 24.8 Å². The number of benzene rings is 2. The predicted molar refractivity (Wildman–Crippen MR) is 113 cm³/mol. The zero-order chi connectivity index (χ0) is 22.1. The van der Waals surface area contributed by atoms with Gasteiger partial charge >= 0.3 is 6.18 Å². The third-order valence-corrected chi connectivity index (χ3v) is 5.91. The summed E-state index contributed by atoms with van der Waals surface area (Å²) in [6, 6.07) is 8.22. The highest BCUT2D eigenvalue weighted by molar-refractivity contribution is 8.15. The van der Waals surface area contributed by atoms with Crippen molar-refractivity contribution in [2.24, 2.45) is 4.99 Å². The van der Waals surface area contributed by atoms with Crippen molar-refractivity contribution in [2.75, 3.05) is 5.32 Å². The second-order valence-corrected chi connectivity index (χ2v) is 8.40. The number of hydrogen-bond acceptors (Lipinski definition) is 4. The molecule has 2 N–H and O–H groups in total. The molecule has 0 saturated carbocycles. The Bertz CT molecular complexity index is 1040. The summed E-state index contributed by atoms with van der Waals surface area (Å²) in [4.78, 5) is 28.7. The molecule has 1 aliphatic heterocycles. The van der Waals surface area contributed by atoms with Crippen LogP contribution in [0.15, 0.2) is 41.4 Å². The maximum Gasteiger partial charge on any atom is 0.417 e. The molecule has 1 atom stereocenters. The standard InChI is InChI=1S/C19H14Cl2F3N3O2S/c1-9-2-3-11(7-14(9)21)26-18-27-17(29)15(30-18)8-16(28)25-10-4-5-13(20)12(6-10)19(22,23)24/h2-7,15H,8H2,1H3,(H,25,28)(H,26,27,29)/t15-/m0/s1. The number of nitrogens with zero attached hydrogens (tertiary/aromatic N) is 1. The summed E-state index contributed by atoms with van der Waals surface area (Å²) in [6.45, 7) is 1.85. The van der Waals surface area contributed by atoms with Crippen LogP contribution in [-0.4, -0.2) is 22.2 Å². The Hall–Kier alpha value is -2.23. The molecule has 2 amide bonds. The lowest BCUT2D eigenvalue weighted by atomic mass is 10.2. The smallest absolute Gasteiger partial charge is 0.326 e. The lowest BCUT2D eigenvalue weighted by Gasteiger charge is -2.12. The summed E-state index contributed by atoms with van der Waals surface area (Å²) in [6.07, 6.45) is -4.89. The van der Waals surface area contributed by atoms with E-state index in [-0.39, 0.29) is 12.1 Å². The van der Waals surface area contributed by atoms with E-state index in [9.17, 15) is 22.8 Å². The van der Waals surface area contributed by atoms with Gasteiger partial charge in [-0.05, 0) is 42.8 Å². The van der Waals surface area contributed by atoms with Crippen LogP contribution < -0.4 is 10.6 Å². The van der Waals surface area contributed by atoms with Crippen LogP contribution >= 0.6 is 35.0 Å². The van der Waals surface area contributed by atoms with E-state index in [0.29, 0.717) is 15.9 Å². The van der Waals surface area contributed by atoms with E-state index >= 15 is 0 Å². The number of rotatable bonds is 4. The summed E-state index contributed by atoms with van der Waals surface area (Å²) in [5, 5.41) is 4.54. The van der Waals surface area contributed by atoms with Crippen molar-refractivity contribution in [3.8, 4) is 0 Å². The minimum Gasteiger partial charge on any atom is -0.326 e. The first-order valence-corrected chi connectivity index (χ1v) is 10.2. The number of carbonyl (C=O) groups excluding carboxylic acids is 2. The molecule has 1 fully saturated rings. The van der Waals surface area contributed by atoms with Gasteiger partial charge in [0.05, 0.1) is 16.3 Å². The van der Waals surface area contributed by atoms with Gasteiger partial charge in [-0.1, -0.05) is 41.0 Å². The number of anilines is 1. The highest BCUT2D eigenvalue weighted by Crippen LogP contribution is 2.36. The average Bonchev–Trinajstić information content (AvgIpc) is 2.97. The third-order valence-electron chi connectivity index (χ3n) is 4.09. The van der Waals surface area contributed by atoms with E-state index in [4.69, 9.17) is 23.2 Å². The Labute approximate surface area is 184 Å². The molecule has 0 aliphatic carbocycles. The fourth-order valence-electron chi connectivity index (χ4n) is 2.56. The van der Waals surface area contributed by atoms with E-state index < -0.39 is 33.8 Å². The van der Waals surface area contributed by atoms with E-state index in [2.05, 4.69) is 15.6 Å². The van der Waals surface area contributed by atoms with Crippen molar-refractivity contribution >= 4 is 63.3 Å². The van der Waals surface area contributed by atoms with E-state index in [0.717, 1.165) is 29.5 Å². The Kier molecular flexibility index (Phi) is 6.64. The lowest BCUT2D eigenvalue weighted by Crippen LogP contribution is -2.28. The van der Waals surface area contributed by atoms with Gasteiger partial charge in [0.2, 0.25) is 11.8 Å². The topological polar surface area (TPSA) is 70.6 Å². The number of alkyl halides is 3. The molecule has 1 saturated heterocycles. The number of halogens is 5. The second kappa shape index (κ2) is 8.87. The second-order valence-electron chi connectivity index (χ2n) is 6.39. The molecular formula is C19H14Cl2F3N3O2S. The third kappa shape index (κ3) is 5.47. The first-order valence-electron chi connectivity index (χ1n) is 8.52. The molecule has 2 aromatic rings. The van der Waals surface area contributed by atoms with Crippen LogP contribution in [0.1, 0.15) is 17.5 Å². The zero-order valence-corrected chi connectivity index (χ0v) is 17.6. The Morgan fingerprint density at radius 3 is 2.60 bits per heavy atom. The van der Waals surface area contributed by atoms with Crippen LogP contribution in [0.25, 0.3) is 0 Å². The van der Waals surface area contributed by atoms with Crippen molar-refractivity contribution in [1.29, 1.82) is 0 Å². The van der Waals surface area contributed by atoms with Crippen molar-refractivity contribution in [1.82, 2.24) is 5.32 Å². The van der Waals surface area contributed by atoms with Gasteiger partial charge in [0.15, 0.2) is 5.17 Å². The summed E-state index contributed by atoms with van der Waals surface area (Å²) in [5.74, 6) is -1.03. The van der Waals surface area contributed by atoms with Crippen molar-refractivity contribution < 1.29 is 22.8 Å². The van der Waals surface area contributed by atoms with E-state index in [1.54, 1.807) is 18.2 Å². The Balaban J connectivity index is 1.65. The number of aryl methyl sites for hydroxylation is 1. The Morgan fingerprint density at radius 2 is 1.93 bits per heavy atom. The molecule has 0 radical (unpaired) electrons. The maximum atomic E-state index is 12.9. The minimum atomic E-state index is -4.65. The zero-order valence-electron chi connectivity index (χ0n) is 15.3. The van der Waals surface area contributed by atoms with Crippen LogP contribution in [0.3, 0.4) is 0 Å². The number of hydrogen-bond donors (Lipinski definition) is 2. The fourth-order valence-corrected chi connectivity index (χ4v) is 3.95. The number of amides is 2. The van der Waals surface area contributed by atoms with Crippen LogP contribution in [0.4, 0.5) is 24.5 Å². The molecule has 1 aliphatic rings. The number of amidine groups is 1. The summed E-state index contributed by atoms with van der Waals surface area (Å²) in [5.41, 5.74) is 0.304. The van der Waals surface area contributed by atoms with E-state index in [1.807, 2.05) is 6.92 Å². The van der Waals surface area contributed by atoms with Crippen LogP contribution in [-0.2, 0) is 15.8 Å². The summed E-state index contributed by atoms with van der Waals surface area (Å²) in [7, 11) is 0.